The molecule has 1 aliphatic heterocycles. The highest BCUT2D eigenvalue weighted by molar-refractivity contribution is 4.77. The Bertz CT molecular complexity index is 205. The predicted octanol–water partition coefficient (Wildman–Crippen LogP) is 4.16. The molecule has 2 nitrogen and oxygen atoms in total. The van der Waals surface area contributed by atoms with Crippen molar-refractivity contribution in [2.45, 2.75) is 84.3 Å². The van der Waals surface area contributed by atoms with Crippen molar-refractivity contribution >= 4 is 0 Å². The van der Waals surface area contributed by atoms with Crippen LogP contribution < -0.4 is 0 Å². The lowest BCUT2D eigenvalue weighted by molar-refractivity contribution is 0.0187. The highest BCUT2D eigenvalue weighted by Gasteiger charge is 2.28. The molecule has 0 aromatic heterocycles. The predicted molar refractivity (Wildman–Crippen MR) is 76.7 cm³/mol. The van der Waals surface area contributed by atoms with Crippen molar-refractivity contribution in [1.82, 2.24) is 0 Å². The second-order valence-electron chi connectivity index (χ2n) is 6.04. The number of unbranched alkanes of at least 4 members (excludes halogenated alkanes) is 1. The Labute approximate surface area is 113 Å². The van der Waals surface area contributed by atoms with Crippen molar-refractivity contribution < 1.29 is 9.84 Å². The minimum absolute atomic E-state index is 0.340. The maximum atomic E-state index is 9.49. The first-order valence-corrected chi connectivity index (χ1v) is 7.97. The van der Waals surface area contributed by atoms with E-state index in [4.69, 9.17) is 4.74 Å². The largest absolute Gasteiger partial charge is 0.396 e. The van der Waals surface area contributed by atoms with Crippen LogP contribution in [0.3, 0.4) is 0 Å². The number of aliphatic hydroxyl groups is 1. The Kier molecular flexibility index (Phi) is 7.92. The summed E-state index contributed by atoms with van der Waals surface area (Å²) in [6, 6.07) is 0. The van der Waals surface area contributed by atoms with E-state index in [-0.39, 0.29) is 0 Å². The first-order valence-electron chi connectivity index (χ1n) is 7.97. The molecule has 4 unspecified atom stereocenters. The van der Waals surface area contributed by atoms with E-state index in [1.807, 2.05) is 0 Å². The monoisotopic (exact) mass is 256 g/mol. The Balaban J connectivity index is 2.28. The summed E-state index contributed by atoms with van der Waals surface area (Å²) in [6.07, 6.45) is 10.6. The summed E-state index contributed by atoms with van der Waals surface area (Å²) in [5.74, 6) is 1.06. The molecule has 0 radical (unpaired) electrons. The SMILES string of the molecule is CCCCC(CO)C(C)CC1CCC(CCC)O1. The third kappa shape index (κ3) is 5.27. The lowest BCUT2D eigenvalue weighted by Crippen LogP contribution is -2.22. The zero-order chi connectivity index (χ0) is 13.4. The van der Waals surface area contributed by atoms with Gasteiger partial charge < -0.3 is 9.84 Å². The fourth-order valence-electron chi connectivity index (χ4n) is 3.12. The number of hydrogen-bond acceptors (Lipinski definition) is 2. The molecule has 1 saturated heterocycles. The highest BCUT2D eigenvalue weighted by atomic mass is 16.5. The van der Waals surface area contributed by atoms with E-state index < -0.39 is 0 Å². The second kappa shape index (κ2) is 8.92. The molecule has 18 heavy (non-hydrogen) atoms. The average molecular weight is 256 g/mol. The van der Waals surface area contributed by atoms with Crippen LogP contribution in [0.4, 0.5) is 0 Å². The molecular formula is C16H32O2. The van der Waals surface area contributed by atoms with E-state index in [1.165, 1.54) is 44.9 Å². The standard InChI is InChI=1S/C16H32O2/c1-4-6-8-14(12-17)13(3)11-16-10-9-15(18-16)7-5-2/h13-17H,4-12H2,1-3H3. The maximum absolute atomic E-state index is 9.49. The first kappa shape index (κ1) is 16.0. The van der Waals surface area contributed by atoms with Crippen molar-refractivity contribution in [3.63, 3.8) is 0 Å². The van der Waals surface area contributed by atoms with Crippen molar-refractivity contribution in [1.29, 1.82) is 0 Å². The molecule has 1 rings (SSSR count). The van der Waals surface area contributed by atoms with Crippen LogP contribution in [0, 0.1) is 11.8 Å². The third-order valence-corrected chi connectivity index (χ3v) is 4.41. The Morgan fingerprint density at radius 3 is 2.50 bits per heavy atom. The van der Waals surface area contributed by atoms with Gasteiger partial charge in [0, 0.05) is 6.61 Å². The van der Waals surface area contributed by atoms with Crippen LogP contribution in [0.25, 0.3) is 0 Å². The van der Waals surface area contributed by atoms with Gasteiger partial charge in [-0.25, -0.2) is 0 Å². The molecule has 1 N–H and O–H groups in total. The minimum Gasteiger partial charge on any atom is -0.396 e. The van der Waals surface area contributed by atoms with Crippen molar-refractivity contribution in [2.24, 2.45) is 11.8 Å². The van der Waals surface area contributed by atoms with Gasteiger partial charge in [0.2, 0.25) is 0 Å². The first-order chi connectivity index (χ1) is 8.71. The Hall–Kier alpha value is -0.0800. The fraction of sp³-hybridized carbons (Fsp3) is 1.00. The smallest absolute Gasteiger partial charge is 0.0582 e. The van der Waals surface area contributed by atoms with E-state index in [2.05, 4.69) is 20.8 Å². The Morgan fingerprint density at radius 1 is 1.17 bits per heavy atom. The molecule has 0 amide bonds. The van der Waals surface area contributed by atoms with Crippen molar-refractivity contribution in [2.75, 3.05) is 6.61 Å². The topological polar surface area (TPSA) is 29.5 Å². The van der Waals surface area contributed by atoms with Crippen LogP contribution in [0.2, 0.25) is 0 Å². The van der Waals surface area contributed by atoms with Gasteiger partial charge >= 0.3 is 0 Å². The summed E-state index contributed by atoms with van der Waals surface area (Å²) >= 11 is 0. The van der Waals surface area contributed by atoms with Crippen LogP contribution >= 0.6 is 0 Å². The van der Waals surface area contributed by atoms with Gasteiger partial charge in [-0.15, -0.1) is 0 Å². The lowest BCUT2D eigenvalue weighted by atomic mass is 9.85. The van der Waals surface area contributed by atoms with Crippen LogP contribution in [0.15, 0.2) is 0 Å². The molecule has 0 spiro atoms. The quantitative estimate of drug-likeness (QED) is 0.671. The molecule has 0 aromatic carbocycles. The van der Waals surface area contributed by atoms with E-state index in [9.17, 15) is 5.11 Å². The molecule has 1 aliphatic rings. The third-order valence-electron chi connectivity index (χ3n) is 4.41. The molecule has 0 saturated carbocycles. The summed E-state index contributed by atoms with van der Waals surface area (Å²) in [6.45, 7) is 7.07. The summed E-state index contributed by atoms with van der Waals surface area (Å²) in [4.78, 5) is 0. The minimum atomic E-state index is 0.340. The molecular weight excluding hydrogens is 224 g/mol. The number of rotatable bonds is 9. The van der Waals surface area contributed by atoms with E-state index in [0.29, 0.717) is 30.7 Å². The maximum Gasteiger partial charge on any atom is 0.0582 e. The molecule has 0 bridgehead atoms. The lowest BCUT2D eigenvalue weighted by Gasteiger charge is -2.24. The van der Waals surface area contributed by atoms with Gasteiger partial charge in [0.15, 0.2) is 0 Å². The number of hydrogen-bond donors (Lipinski definition) is 1. The van der Waals surface area contributed by atoms with Crippen LogP contribution in [0.5, 0.6) is 0 Å². The fourth-order valence-corrected chi connectivity index (χ4v) is 3.12. The zero-order valence-corrected chi connectivity index (χ0v) is 12.5. The number of aliphatic hydroxyl groups excluding tert-OH is 1. The summed E-state index contributed by atoms with van der Waals surface area (Å²) < 4.78 is 6.09. The normalized spacial score (nSPS) is 27.3. The van der Waals surface area contributed by atoms with Gasteiger partial charge in [-0.2, -0.15) is 0 Å². The average Bonchev–Trinajstić information content (AvgIpc) is 2.78. The van der Waals surface area contributed by atoms with Gasteiger partial charge in [-0.05, 0) is 43.9 Å². The highest BCUT2D eigenvalue weighted by Crippen LogP contribution is 2.30. The van der Waals surface area contributed by atoms with Crippen molar-refractivity contribution in [3.8, 4) is 0 Å². The number of ether oxygens (including phenoxy) is 1. The van der Waals surface area contributed by atoms with Gasteiger partial charge in [0.25, 0.3) is 0 Å². The van der Waals surface area contributed by atoms with E-state index in [1.54, 1.807) is 0 Å². The van der Waals surface area contributed by atoms with Gasteiger partial charge in [0.05, 0.1) is 12.2 Å². The van der Waals surface area contributed by atoms with Crippen LogP contribution in [-0.2, 0) is 4.74 Å². The molecule has 108 valence electrons. The summed E-state index contributed by atoms with van der Waals surface area (Å²) in [7, 11) is 0. The molecule has 0 aliphatic carbocycles. The van der Waals surface area contributed by atoms with E-state index in [0.717, 1.165) is 6.42 Å². The zero-order valence-electron chi connectivity index (χ0n) is 12.5. The molecule has 0 aromatic rings. The summed E-state index contributed by atoms with van der Waals surface area (Å²) in [5, 5.41) is 9.49. The molecule has 4 atom stereocenters. The van der Waals surface area contributed by atoms with Gasteiger partial charge in [-0.3, -0.25) is 0 Å². The van der Waals surface area contributed by atoms with Crippen LogP contribution in [-0.4, -0.2) is 23.9 Å². The molecule has 1 fully saturated rings. The van der Waals surface area contributed by atoms with E-state index >= 15 is 0 Å². The Morgan fingerprint density at radius 2 is 1.89 bits per heavy atom. The van der Waals surface area contributed by atoms with Crippen LogP contribution in [0.1, 0.15) is 72.1 Å². The molecule has 1 heterocycles. The van der Waals surface area contributed by atoms with Gasteiger partial charge in [-0.1, -0.05) is 40.0 Å². The van der Waals surface area contributed by atoms with Crippen molar-refractivity contribution in [3.05, 3.63) is 0 Å². The van der Waals surface area contributed by atoms with Gasteiger partial charge in [0.1, 0.15) is 0 Å². The summed E-state index contributed by atoms with van der Waals surface area (Å²) in [5.41, 5.74) is 0. The second-order valence-corrected chi connectivity index (χ2v) is 6.04. The molecule has 2 heteroatoms.